The second kappa shape index (κ2) is 6.54. The number of thiophene rings is 1. The van der Waals surface area contributed by atoms with Crippen LogP contribution >= 0.6 is 11.3 Å². The SMILES string of the molecule is C=CC(=O)OCc1cnnn1-c1c(C(=O)OC)sc2nccnc12. The molecular weight excluding hydrogens is 334 g/mol. The van der Waals surface area contributed by atoms with Crippen LogP contribution in [0.15, 0.2) is 31.2 Å². The van der Waals surface area contributed by atoms with Crippen LogP contribution in [0.4, 0.5) is 0 Å². The summed E-state index contributed by atoms with van der Waals surface area (Å²) in [5, 5.41) is 7.79. The molecule has 3 aromatic rings. The van der Waals surface area contributed by atoms with Crippen molar-refractivity contribution < 1.29 is 19.1 Å². The molecule has 3 rings (SSSR count). The lowest BCUT2D eigenvalue weighted by molar-refractivity contribution is -0.139. The van der Waals surface area contributed by atoms with Crippen molar-refractivity contribution in [3.05, 3.63) is 41.8 Å². The Morgan fingerprint density at radius 1 is 1.38 bits per heavy atom. The minimum atomic E-state index is -0.578. The molecule has 0 saturated heterocycles. The number of hydrogen-bond donors (Lipinski definition) is 0. The molecule has 122 valence electrons. The molecule has 3 heterocycles. The first-order valence-electron chi connectivity index (χ1n) is 6.66. The van der Waals surface area contributed by atoms with E-state index in [0.29, 0.717) is 21.7 Å². The molecule has 0 aliphatic rings. The predicted octanol–water partition coefficient (Wildman–Crippen LogP) is 1.29. The second-order valence-electron chi connectivity index (χ2n) is 4.43. The molecule has 24 heavy (non-hydrogen) atoms. The molecule has 0 aliphatic carbocycles. The molecular formula is C14H11N5O4S. The van der Waals surface area contributed by atoms with Crippen LogP contribution < -0.4 is 0 Å². The molecule has 0 spiro atoms. The molecule has 9 nitrogen and oxygen atoms in total. The van der Waals surface area contributed by atoms with Gasteiger partial charge in [-0.2, -0.15) is 0 Å². The molecule has 10 heteroatoms. The number of methoxy groups -OCH3 is 1. The van der Waals surface area contributed by atoms with Crippen LogP contribution in [-0.2, 0) is 20.9 Å². The summed E-state index contributed by atoms with van der Waals surface area (Å²) < 4.78 is 11.2. The molecule has 0 N–H and O–H groups in total. The highest BCUT2D eigenvalue weighted by atomic mass is 32.1. The Morgan fingerprint density at radius 2 is 2.17 bits per heavy atom. The number of carbonyl (C=O) groups excluding carboxylic acids is 2. The smallest absolute Gasteiger partial charge is 0.350 e. The lowest BCUT2D eigenvalue weighted by Crippen LogP contribution is -2.10. The molecule has 0 fully saturated rings. The van der Waals surface area contributed by atoms with Gasteiger partial charge in [-0.15, -0.1) is 16.4 Å². The fourth-order valence-electron chi connectivity index (χ4n) is 1.99. The Kier molecular flexibility index (Phi) is 4.29. The van der Waals surface area contributed by atoms with Crippen LogP contribution in [0.1, 0.15) is 15.4 Å². The number of aromatic nitrogens is 5. The van der Waals surface area contributed by atoms with Crippen molar-refractivity contribution in [1.82, 2.24) is 25.0 Å². The summed E-state index contributed by atoms with van der Waals surface area (Å²) in [4.78, 5) is 32.6. The van der Waals surface area contributed by atoms with Crippen LogP contribution in [0.5, 0.6) is 0 Å². The lowest BCUT2D eigenvalue weighted by Gasteiger charge is -2.07. The van der Waals surface area contributed by atoms with Crippen LogP contribution in [0, 0.1) is 0 Å². The van der Waals surface area contributed by atoms with E-state index >= 15 is 0 Å². The number of nitrogens with zero attached hydrogens (tertiary/aromatic N) is 5. The zero-order valence-electron chi connectivity index (χ0n) is 12.5. The van der Waals surface area contributed by atoms with Crippen molar-refractivity contribution in [2.75, 3.05) is 7.11 Å². The summed E-state index contributed by atoms with van der Waals surface area (Å²) in [5.74, 6) is -1.12. The van der Waals surface area contributed by atoms with Gasteiger partial charge >= 0.3 is 11.9 Å². The third-order valence-electron chi connectivity index (χ3n) is 3.03. The number of carbonyl (C=O) groups is 2. The summed E-state index contributed by atoms with van der Waals surface area (Å²) in [7, 11) is 1.28. The Morgan fingerprint density at radius 3 is 2.92 bits per heavy atom. The van der Waals surface area contributed by atoms with Crippen molar-refractivity contribution in [3.63, 3.8) is 0 Å². The third kappa shape index (κ3) is 2.74. The van der Waals surface area contributed by atoms with E-state index in [4.69, 9.17) is 9.47 Å². The molecule has 0 amide bonds. The normalized spacial score (nSPS) is 10.5. The first kappa shape index (κ1) is 15.7. The van der Waals surface area contributed by atoms with Crippen LogP contribution in [-0.4, -0.2) is 44.0 Å². The maximum Gasteiger partial charge on any atom is 0.350 e. The van der Waals surface area contributed by atoms with Crippen molar-refractivity contribution in [2.45, 2.75) is 6.61 Å². The maximum atomic E-state index is 12.1. The quantitative estimate of drug-likeness (QED) is 0.502. The predicted molar refractivity (Wildman–Crippen MR) is 83.7 cm³/mol. The number of ether oxygens (including phenoxy) is 2. The van der Waals surface area contributed by atoms with E-state index in [9.17, 15) is 9.59 Å². The van der Waals surface area contributed by atoms with Gasteiger partial charge in [-0.1, -0.05) is 11.8 Å². The fraction of sp³-hybridized carbons (Fsp3) is 0.143. The third-order valence-corrected chi connectivity index (χ3v) is 4.09. The van der Waals surface area contributed by atoms with E-state index in [2.05, 4.69) is 26.9 Å². The number of esters is 2. The van der Waals surface area contributed by atoms with E-state index in [1.165, 1.54) is 30.4 Å². The minimum Gasteiger partial charge on any atom is -0.465 e. The standard InChI is InChI=1S/C14H11N5O4S/c1-3-9(20)23-7-8-6-17-18-19(8)11-10-13(16-5-4-15-10)24-12(11)14(21)22-2/h3-6H,1,7H2,2H3. The van der Waals surface area contributed by atoms with Gasteiger partial charge in [-0.25, -0.2) is 24.2 Å². The Bertz CT molecular complexity index is 932. The molecule has 0 aromatic carbocycles. The van der Waals surface area contributed by atoms with E-state index in [1.54, 1.807) is 0 Å². The summed E-state index contributed by atoms with van der Waals surface area (Å²) in [6, 6.07) is 0. The van der Waals surface area contributed by atoms with Gasteiger partial charge < -0.3 is 9.47 Å². The summed E-state index contributed by atoms with van der Waals surface area (Å²) in [5.41, 5.74) is 1.32. The van der Waals surface area contributed by atoms with E-state index in [1.807, 2.05) is 0 Å². The van der Waals surface area contributed by atoms with Crippen LogP contribution in [0.25, 0.3) is 16.0 Å². The largest absolute Gasteiger partial charge is 0.465 e. The number of hydrogen-bond acceptors (Lipinski definition) is 9. The number of rotatable bonds is 5. The highest BCUT2D eigenvalue weighted by molar-refractivity contribution is 7.20. The summed E-state index contributed by atoms with van der Waals surface area (Å²) in [6.45, 7) is 3.24. The molecule has 0 atom stereocenters. The van der Waals surface area contributed by atoms with Gasteiger partial charge in [0.1, 0.15) is 33.2 Å². The molecule has 0 saturated carbocycles. The molecule has 0 bridgehead atoms. The van der Waals surface area contributed by atoms with Gasteiger partial charge in [0.25, 0.3) is 0 Å². The molecule has 3 aromatic heterocycles. The second-order valence-corrected chi connectivity index (χ2v) is 5.43. The van der Waals surface area contributed by atoms with Crippen LogP contribution in [0.3, 0.4) is 0 Å². The van der Waals surface area contributed by atoms with Gasteiger partial charge in [0.15, 0.2) is 0 Å². The van der Waals surface area contributed by atoms with E-state index in [-0.39, 0.29) is 11.5 Å². The van der Waals surface area contributed by atoms with E-state index < -0.39 is 11.9 Å². The molecule has 0 radical (unpaired) electrons. The first-order valence-corrected chi connectivity index (χ1v) is 7.48. The van der Waals surface area contributed by atoms with Crippen molar-refractivity contribution in [2.24, 2.45) is 0 Å². The maximum absolute atomic E-state index is 12.1. The minimum absolute atomic E-state index is 0.0872. The van der Waals surface area contributed by atoms with Gasteiger partial charge in [0.2, 0.25) is 0 Å². The van der Waals surface area contributed by atoms with Gasteiger partial charge in [-0.05, 0) is 0 Å². The highest BCUT2D eigenvalue weighted by Crippen LogP contribution is 2.32. The Balaban J connectivity index is 2.12. The van der Waals surface area contributed by atoms with E-state index in [0.717, 1.165) is 17.4 Å². The monoisotopic (exact) mass is 345 g/mol. The highest BCUT2D eigenvalue weighted by Gasteiger charge is 2.24. The van der Waals surface area contributed by atoms with Crippen molar-refractivity contribution in [1.29, 1.82) is 0 Å². The van der Waals surface area contributed by atoms with Crippen molar-refractivity contribution >= 4 is 33.6 Å². The number of fused-ring (bicyclic) bond motifs is 1. The summed E-state index contributed by atoms with van der Waals surface area (Å²) >= 11 is 1.13. The molecule has 0 unspecified atom stereocenters. The zero-order valence-corrected chi connectivity index (χ0v) is 13.3. The van der Waals surface area contributed by atoms with Crippen LogP contribution in [0.2, 0.25) is 0 Å². The Labute approximate surface area is 139 Å². The zero-order chi connectivity index (χ0) is 17.1. The summed E-state index contributed by atoms with van der Waals surface area (Å²) in [6.07, 6.45) is 5.52. The molecule has 0 aliphatic heterocycles. The van der Waals surface area contributed by atoms with Gasteiger partial charge in [-0.3, -0.25) is 0 Å². The van der Waals surface area contributed by atoms with Crippen molar-refractivity contribution in [3.8, 4) is 5.69 Å². The fourth-order valence-corrected chi connectivity index (χ4v) is 2.99. The average molecular weight is 345 g/mol. The lowest BCUT2D eigenvalue weighted by atomic mass is 10.3. The van der Waals surface area contributed by atoms with Gasteiger partial charge in [0, 0.05) is 18.5 Å². The Hall–Kier alpha value is -3.14. The first-order chi connectivity index (χ1) is 11.7. The average Bonchev–Trinajstić information content (AvgIpc) is 3.22. The van der Waals surface area contributed by atoms with Gasteiger partial charge in [0.05, 0.1) is 13.3 Å². The topological polar surface area (TPSA) is 109 Å².